The van der Waals surface area contributed by atoms with Crippen LogP contribution in [0.2, 0.25) is 0 Å². The molecule has 3 rings (SSSR count). The lowest BCUT2D eigenvalue weighted by Gasteiger charge is -2.17. The van der Waals surface area contributed by atoms with Gasteiger partial charge in [0.1, 0.15) is 22.5 Å². The first kappa shape index (κ1) is 18.7. The van der Waals surface area contributed by atoms with Crippen LogP contribution in [0, 0.1) is 12.7 Å². The van der Waals surface area contributed by atoms with Crippen LogP contribution in [0.3, 0.4) is 0 Å². The highest BCUT2D eigenvalue weighted by Crippen LogP contribution is 2.28. The van der Waals surface area contributed by atoms with Gasteiger partial charge in [-0.1, -0.05) is 18.2 Å². The summed E-state index contributed by atoms with van der Waals surface area (Å²) in [6, 6.07) is 5.09. The van der Waals surface area contributed by atoms with Crippen molar-refractivity contribution in [3.05, 3.63) is 62.3 Å². The minimum Gasteiger partial charge on any atom is -0.368 e. The summed E-state index contributed by atoms with van der Waals surface area (Å²) < 4.78 is 15.2. The molecule has 0 saturated carbocycles. The van der Waals surface area contributed by atoms with Gasteiger partial charge in [0.15, 0.2) is 0 Å². The van der Waals surface area contributed by atoms with Crippen molar-refractivity contribution >= 4 is 33.4 Å². The van der Waals surface area contributed by atoms with Gasteiger partial charge in [-0.3, -0.25) is 19.0 Å². The molecule has 27 heavy (non-hydrogen) atoms. The van der Waals surface area contributed by atoms with Gasteiger partial charge in [0, 0.05) is 6.42 Å². The molecular formula is C18H17FN4O3S. The Morgan fingerprint density at radius 2 is 1.96 bits per heavy atom. The first-order valence-corrected chi connectivity index (χ1v) is 8.91. The van der Waals surface area contributed by atoms with Gasteiger partial charge in [0.2, 0.25) is 5.91 Å². The number of hydrogen-bond donors (Lipinski definition) is 2. The van der Waals surface area contributed by atoms with Gasteiger partial charge in [-0.15, -0.1) is 11.3 Å². The van der Waals surface area contributed by atoms with Crippen molar-refractivity contribution in [2.24, 2.45) is 11.5 Å². The molecule has 0 spiro atoms. The number of halogens is 1. The maximum Gasteiger partial charge on any atom is 0.263 e. The molecule has 0 aliphatic carbocycles. The quantitative estimate of drug-likeness (QED) is 0.690. The van der Waals surface area contributed by atoms with E-state index >= 15 is 0 Å². The van der Waals surface area contributed by atoms with E-state index in [1.807, 2.05) is 0 Å². The van der Waals surface area contributed by atoms with Crippen molar-refractivity contribution in [2.45, 2.75) is 26.3 Å². The maximum atomic E-state index is 14.1. The van der Waals surface area contributed by atoms with Crippen molar-refractivity contribution in [3.8, 4) is 0 Å². The molecule has 1 atom stereocenters. The molecule has 3 aromatic rings. The number of aryl methyl sites for hydroxylation is 1. The number of hydrogen-bond acceptors (Lipinski definition) is 5. The predicted molar refractivity (Wildman–Crippen MR) is 100 cm³/mol. The molecule has 0 fully saturated rings. The second-order valence-corrected chi connectivity index (χ2v) is 7.15. The standard InChI is InChI=1S/C18H17FN4O3S/c1-8-13-17(27-14(8)16(21)25)22-12(7-10-5-3-4-6-11(10)19)23(18(13)26)9(2)15(20)24/h3-6,9H,7H2,1-2H3,(H2,20,24)(H2,21,25). The first-order valence-electron chi connectivity index (χ1n) is 8.09. The Morgan fingerprint density at radius 1 is 1.30 bits per heavy atom. The Balaban J connectivity index is 2.32. The van der Waals surface area contributed by atoms with Gasteiger partial charge in [-0.05, 0) is 31.0 Å². The van der Waals surface area contributed by atoms with E-state index in [9.17, 15) is 18.8 Å². The van der Waals surface area contributed by atoms with Gasteiger partial charge >= 0.3 is 0 Å². The van der Waals surface area contributed by atoms with E-state index in [-0.39, 0.29) is 22.5 Å². The summed E-state index contributed by atoms with van der Waals surface area (Å²) in [7, 11) is 0. The molecule has 0 aliphatic heterocycles. The van der Waals surface area contributed by atoms with Crippen LogP contribution in [-0.2, 0) is 11.2 Å². The second-order valence-electron chi connectivity index (χ2n) is 6.15. The number of carbonyl (C=O) groups is 2. The van der Waals surface area contributed by atoms with Crippen LogP contribution in [0.5, 0.6) is 0 Å². The van der Waals surface area contributed by atoms with Crippen LogP contribution in [-0.4, -0.2) is 21.4 Å². The van der Waals surface area contributed by atoms with E-state index in [1.54, 1.807) is 25.1 Å². The lowest BCUT2D eigenvalue weighted by atomic mass is 10.1. The van der Waals surface area contributed by atoms with Crippen molar-refractivity contribution in [3.63, 3.8) is 0 Å². The molecular weight excluding hydrogens is 371 g/mol. The van der Waals surface area contributed by atoms with Crippen molar-refractivity contribution in [1.29, 1.82) is 0 Å². The molecule has 0 radical (unpaired) electrons. The number of aromatic nitrogens is 2. The third kappa shape index (κ3) is 3.21. The normalized spacial score (nSPS) is 12.3. The zero-order valence-corrected chi connectivity index (χ0v) is 15.5. The number of rotatable bonds is 5. The fourth-order valence-electron chi connectivity index (χ4n) is 2.94. The Morgan fingerprint density at radius 3 is 2.56 bits per heavy atom. The Bertz CT molecular complexity index is 1140. The molecule has 7 nitrogen and oxygen atoms in total. The molecule has 2 aromatic heterocycles. The van der Waals surface area contributed by atoms with E-state index in [1.165, 1.54) is 13.0 Å². The van der Waals surface area contributed by atoms with Crippen LogP contribution in [0.15, 0.2) is 29.1 Å². The second kappa shape index (κ2) is 6.92. The minimum atomic E-state index is -0.993. The fourth-order valence-corrected chi connectivity index (χ4v) is 3.98. The molecule has 4 N–H and O–H groups in total. The van der Waals surface area contributed by atoms with Gasteiger partial charge in [-0.25, -0.2) is 9.37 Å². The van der Waals surface area contributed by atoms with E-state index in [4.69, 9.17) is 11.5 Å². The zero-order valence-electron chi connectivity index (χ0n) is 14.7. The number of benzene rings is 1. The summed E-state index contributed by atoms with van der Waals surface area (Å²) >= 11 is 0.995. The largest absolute Gasteiger partial charge is 0.368 e. The third-order valence-electron chi connectivity index (χ3n) is 4.40. The van der Waals surface area contributed by atoms with Crippen LogP contribution in [0.25, 0.3) is 10.2 Å². The molecule has 2 heterocycles. The summed E-state index contributed by atoms with van der Waals surface area (Å²) in [5.41, 5.74) is 11.0. The molecule has 0 saturated heterocycles. The Hall–Kier alpha value is -3.07. The highest BCUT2D eigenvalue weighted by Gasteiger charge is 2.24. The zero-order chi connectivity index (χ0) is 19.9. The van der Waals surface area contributed by atoms with Gasteiger partial charge in [0.05, 0.1) is 10.3 Å². The van der Waals surface area contributed by atoms with E-state index in [0.717, 1.165) is 15.9 Å². The van der Waals surface area contributed by atoms with E-state index < -0.39 is 29.2 Å². The van der Waals surface area contributed by atoms with Gasteiger partial charge < -0.3 is 11.5 Å². The SMILES string of the molecule is Cc1c(C(N)=O)sc2nc(Cc3ccccc3F)n(C(C)C(N)=O)c(=O)c12. The number of primary amides is 2. The number of nitrogens with two attached hydrogens (primary N) is 2. The van der Waals surface area contributed by atoms with Gasteiger partial charge in [0.25, 0.3) is 11.5 Å². The summed E-state index contributed by atoms with van der Waals surface area (Å²) in [5, 5.41) is 0.208. The third-order valence-corrected chi connectivity index (χ3v) is 5.60. The smallest absolute Gasteiger partial charge is 0.263 e. The van der Waals surface area contributed by atoms with Crippen LogP contribution < -0.4 is 17.0 Å². The number of thiophene rings is 1. The highest BCUT2D eigenvalue weighted by atomic mass is 32.1. The molecule has 0 aliphatic rings. The van der Waals surface area contributed by atoms with Crippen LogP contribution >= 0.6 is 11.3 Å². The molecule has 140 valence electrons. The average Bonchev–Trinajstić information content (AvgIpc) is 2.93. The summed E-state index contributed by atoms with van der Waals surface area (Å²) in [5.74, 6) is -1.66. The average molecular weight is 388 g/mol. The summed E-state index contributed by atoms with van der Waals surface area (Å²) in [6.07, 6.45) is -0.0155. The number of fused-ring (bicyclic) bond motifs is 1. The first-order chi connectivity index (χ1) is 12.7. The summed E-state index contributed by atoms with van der Waals surface area (Å²) in [6.45, 7) is 3.07. The molecule has 2 amide bonds. The molecule has 9 heteroatoms. The van der Waals surface area contributed by atoms with Crippen LogP contribution in [0.1, 0.15) is 39.6 Å². The molecule has 1 unspecified atom stereocenters. The predicted octanol–water partition coefficient (Wildman–Crippen LogP) is 1.64. The summed E-state index contributed by atoms with van der Waals surface area (Å²) in [4.78, 5) is 41.4. The molecule has 1 aromatic carbocycles. The van der Waals surface area contributed by atoms with Gasteiger partial charge in [-0.2, -0.15) is 0 Å². The lowest BCUT2D eigenvalue weighted by Crippen LogP contribution is -2.35. The number of carbonyl (C=O) groups excluding carboxylic acids is 2. The van der Waals surface area contributed by atoms with Crippen molar-refractivity contribution in [1.82, 2.24) is 9.55 Å². The topological polar surface area (TPSA) is 121 Å². The van der Waals surface area contributed by atoms with Crippen molar-refractivity contribution in [2.75, 3.05) is 0 Å². The maximum absolute atomic E-state index is 14.1. The fraction of sp³-hybridized carbons (Fsp3) is 0.222. The Labute approximate surface area is 157 Å². The van der Waals surface area contributed by atoms with Crippen LogP contribution in [0.4, 0.5) is 4.39 Å². The highest BCUT2D eigenvalue weighted by molar-refractivity contribution is 7.20. The molecule has 0 bridgehead atoms. The van der Waals surface area contributed by atoms with E-state index in [2.05, 4.69) is 4.98 Å². The van der Waals surface area contributed by atoms with E-state index in [0.29, 0.717) is 16.0 Å². The van der Waals surface area contributed by atoms with Crippen molar-refractivity contribution < 1.29 is 14.0 Å². The number of amides is 2. The monoisotopic (exact) mass is 388 g/mol. The lowest BCUT2D eigenvalue weighted by molar-refractivity contribution is -0.120. The minimum absolute atomic E-state index is 0.0155. The Kier molecular flexibility index (Phi) is 4.79. The number of nitrogens with zero attached hydrogens (tertiary/aromatic N) is 2.